The standard InChI is InChI=1S/C14H15N3O5/c1-8(13(20)21)16-12(19)10-4-2-9(3-5-10)7-17-11(18)6-15-14(17)22/h2-5,8H,6-7H2,1H3,(H,15,22)(H,16,19)(H,20,21)/t8-/m1/s1. The lowest BCUT2D eigenvalue weighted by Crippen LogP contribution is -2.38. The third kappa shape index (κ3) is 3.40. The van der Waals surface area contributed by atoms with Crippen LogP contribution >= 0.6 is 0 Å². The predicted molar refractivity (Wildman–Crippen MR) is 75.0 cm³/mol. The van der Waals surface area contributed by atoms with Gasteiger partial charge in [-0.05, 0) is 24.6 Å². The van der Waals surface area contributed by atoms with Gasteiger partial charge in [-0.25, -0.2) is 4.79 Å². The van der Waals surface area contributed by atoms with Gasteiger partial charge in [0.05, 0.1) is 13.1 Å². The van der Waals surface area contributed by atoms with Gasteiger partial charge in [-0.2, -0.15) is 0 Å². The zero-order chi connectivity index (χ0) is 16.3. The quantitative estimate of drug-likeness (QED) is 0.659. The van der Waals surface area contributed by atoms with Crippen LogP contribution in [-0.4, -0.2) is 46.4 Å². The molecule has 4 amide bonds. The topological polar surface area (TPSA) is 116 Å². The van der Waals surface area contributed by atoms with Crippen LogP contribution in [-0.2, 0) is 16.1 Å². The molecule has 0 unspecified atom stereocenters. The second-order valence-electron chi connectivity index (χ2n) is 4.87. The van der Waals surface area contributed by atoms with Crippen LogP contribution in [0.2, 0.25) is 0 Å². The second-order valence-corrected chi connectivity index (χ2v) is 4.87. The fraction of sp³-hybridized carbons (Fsp3) is 0.286. The Morgan fingerprint density at radius 2 is 1.95 bits per heavy atom. The van der Waals surface area contributed by atoms with Crippen molar-refractivity contribution in [1.29, 1.82) is 0 Å². The molecule has 8 heteroatoms. The first-order valence-corrected chi connectivity index (χ1v) is 6.59. The third-order valence-corrected chi connectivity index (χ3v) is 3.21. The van der Waals surface area contributed by atoms with E-state index in [4.69, 9.17) is 5.11 Å². The summed E-state index contributed by atoms with van der Waals surface area (Å²) in [6, 6.07) is 4.81. The molecule has 1 heterocycles. The number of rotatable bonds is 5. The zero-order valence-corrected chi connectivity index (χ0v) is 11.8. The van der Waals surface area contributed by atoms with Crippen LogP contribution in [0.5, 0.6) is 0 Å². The summed E-state index contributed by atoms with van der Waals surface area (Å²) >= 11 is 0. The number of carbonyl (C=O) groups excluding carboxylic acids is 3. The monoisotopic (exact) mass is 305 g/mol. The van der Waals surface area contributed by atoms with Gasteiger partial charge in [-0.15, -0.1) is 0 Å². The predicted octanol–water partition coefficient (Wildman–Crippen LogP) is -0.0587. The Labute approximate surface area is 126 Å². The number of imide groups is 1. The van der Waals surface area contributed by atoms with Gasteiger partial charge < -0.3 is 15.7 Å². The lowest BCUT2D eigenvalue weighted by molar-refractivity contribution is -0.138. The summed E-state index contributed by atoms with van der Waals surface area (Å²) in [5.74, 6) is -1.93. The van der Waals surface area contributed by atoms with E-state index in [0.717, 1.165) is 4.90 Å². The zero-order valence-electron chi connectivity index (χ0n) is 11.8. The number of urea groups is 1. The fourth-order valence-corrected chi connectivity index (χ4v) is 1.90. The highest BCUT2D eigenvalue weighted by molar-refractivity contribution is 6.02. The Hall–Kier alpha value is -2.90. The van der Waals surface area contributed by atoms with Crippen molar-refractivity contribution in [3.05, 3.63) is 35.4 Å². The molecule has 1 fully saturated rings. The minimum Gasteiger partial charge on any atom is -0.480 e. The minimum absolute atomic E-state index is 0.00754. The molecular weight excluding hydrogens is 290 g/mol. The van der Waals surface area contributed by atoms with Crippen LogP contribution in [0.25, 0.3) is 0 Å². The average molecular weight is 305 g/mol. The van der Waals surface area contributed by atoms with E-state index in [1.54, 1.807) is 12.1 Å². The molecule has 0 saturated carbocycles. The average Bonchev–Trinajstić information content (AvgIpc) is 2.79. The van der Waals surface area contributed by atoms with E-state index in [-0.39, 0.29) is 19.0 Å². The maximum atomic E-state index is 11.8. The molecule has 0 bridgehead atoms. The Balaban J connectivity index is 2.01. The normalized spacial score (nSPS) is 15.4. The summed E-state index contributed by atoms with van der Waals surface area (Å²) < 4.78 is 0. The highest BCUT2D eigenvalue weighted by atomic mass is 16.4. The molecule has 3 N–H and O–H groups in total. The largest absolute Gasteiger partial charge is 0.480 e. The van der Waals surface area contributed by atoms with Crippen LogP contribution in [0.4, 0.5) is 4.79 Å². The number of amides is 4. The summed E-state index contributed by atoms with van der Waals surface area (Å²) in [6.07, 6.45) is 0. The van der Waals surface area contributed by atoms with Crippen LogP contribution in [0.3, 0.4) is 0 Å². The summed E-state index contributed by atoms with van der Waals surface area (Å²) in [4.78, 5) is 46.5. The SMILES string of the molecule is C[C@@H](NC(=O)c1ccc(CN2C(=O)CNC2=O)cc1)C(=O)O. The van der Waals surface area contributed by atoms with Gasteiger partial charge in [0.15, 0.2) is 0 Å². The molecule has 1 aliphatic rings. The van der Waals surface area contributed by atoms with Crippen molar-refractivity contribution in [3.8, 4) is 0 Å². The first-order chi connectivity index (χ1) is 10.4. The highest BCUT2D eigenvalue weighted by Gasteiger charge is 2.28. The first kappa shape index (κ1) is 15.5. The van der Waals surface area contributed by atoms with Gasteiger partial charge in [0, 0.05) is 5.56 Å². The minimum atomic E-state index is -1.12. The van der Waals surface area contributed by atoms with E-state index in [1.165, 1.54) is 19.1 Å². The van der Waals surface area contributed by atoms with E-state index in [0.29, 0.717) is 11.1 Å². The van der Waals surface area contributed by atoms with Crippen molar-refractivity contribution in [3.63, 3.8) is 0 Å². The molecule has 1 atom stereocenters. The van der Waals surface area contributed by atoms with Crippen molar-refractivity contribution < 1.29 is 24.3 Å². The molecular formula is C14H15N3O5. The summed E-state index contributed by atoms with van der Waals surface area (Å²) in [6.45, 7) is 1.48. The molecule has 1 aromatic rings. The number of hydrogen-bond acceptors (Lipinski definition) is 4. The van der Waals surface area contributed by atoms with Gasteiger partial charge in [0.2, 0.25) is 5.91 Å². The number of carboxylic acid groups (broad SMARTS) is 1. The van der Waals surface area contributed by atoms with E-state index in [1.807, 2.05) is 0 Å². The summed E-state index contributed by atoms with van der Waals surface area (Å²) in [7, 11) is 0. The number of hydrogen-bond donors (Lipinski definition) is 3. The maximum absolute atomic E-state index is 11.8. The number of benzene rings is 1. The third-order valence-electron chi connectivity index (χ3n) is 3.21. The van der Waals surface area contributed by atoms with Crippen molar-refractivity contribution in [1.82, 2.24) is 15.5 Å². The lowest BCUT2D eigenvalue weighted by atomic mass is 10.1. The fourth-order valence-electron chi connectivity index (χ4n) is 1.90. The smallest absolute Gasteiger partial charge is 0.325 e. The van der Waals surface area contributed by atoms with Crippen LogP contribution < -0.4 is 10.6 Å². The second kappa shape index (κ2) is 6.25. The number of aliphatic carboxylic acids is 1. The first-order valence-electron chi connectivity index (χ1n) is 6.59. The summed E-state index contributed by atoms with van der Waals surface area (Å²) in [5.41, 5.74) is 0.988. The Bertz CT molecular complexity index is 610. The molecule has 0 spiro atoms. The van der Waals surface area contributed by atoms with E-state index >= 15 is 0 Å². The maximum Gasteiger partial charge on any atom is 0.325 e. The van der Waals surface area contributed by atoms with Gasteiger partial charge in [0.1, 0.15) is 6.04 Å². The van der Waals surface area contributed by atoms with Gasteiger partial charge in [-0.3, -0.25) is 19.3 Å². The molecule has 2 rings (SSSR count). The van der Waals surface area contributed by atoms with E-state index in [2.05, 4.69) is 10.6 Å². The molecule has 1 aliphatic heterocycles. The van der Waals surface area contributed by atoms with Gasteiger partial charge >= 0.3 is 12.0 Å². The van der Waals surface area contributed by atoms with E-state index in [9.17, 15) is 19.2 Å². The molecule has 1 saturated heterocycles. The Morgan fingerprint density at radius 3 is 2.45 bits per heavy atom. The van der Waals surface area contributed by atoms with Crippen molar-refractivity contribution in [2.45, 2.75) is 19.5 Å². The Morgan fingerprint density at radius 1 is 1.32 bits per heavy atom. The lowest BCUT2D eigenvalue weighted by Gasteiger charge is -2.13. The molecule has 1 aromatic carbocycles. The van der Waals surface area contributed by atoms with Gasteiger partial charge in [0.25, 0.3) is 5.91 Å². The molecule has 0 aromatic heterocycles. The molecule has 0 aliphatic carbocycles. The van der Waals surface area contributed by atoms with Gasteiger partial charge in [-0.1, -0.05) is 12.1 Å². The van der Waals surface area contributed by atoms with Crippen molar-refractivity contribution >= 4 is 23.8 Å². The molecule has 22 heavy (non-hydrogen) atoms. The number of carboxylic acids is 1. The number of nitrogens with zero attached hydrogens (tertiary/aromatic N) is 1. The number of carbonyl (C=O) groups is 4. The van der Waals surface area contributed by atoms with Crippen LogP contribution in [0, 0.1) is 0 Å². The molecule has 0 radical (unpaired) electrons. The van der Waals surface area contributed by atoms with Crippen LogP contribution in [0.15, 0.2) is 24.3 Å². The molecule has 8 nitrogen and oxygen atoms in total. The highest BCUT2D eigenvalue weighted by Crippen LogP contribution is 2.10. The van der Waals surface area contributed by atoms with Crippen molar-refractivity contribution in [2.24, 2.45) is 0 Å². The Kier molecular flexibility index (Phi) is 4.40. The number of nitrogens with one attached hydrogen (secondary N) is 2. The van der Waals surface area contributed by atoms with Crippen molar-refractivity contribution in [2.75, 3.05) is 6.54 Å². The molecule has 116 valence electrons. The summed E-state index contributed by atoms with van der Waals surface area (Å²) in [5, 5.41) is 13.5. The van der Waals surface area contributed by atoms with Crippen LogP contribution in [0.1, 0.15) is 22.8 Å². The van der Waals surface area contributed by atoms with E-state index < -0.39 is 23.9 Å².